The van der Waals surface area contributed by atoms with Gasteiger partial charge in [-0.15, -0.1) is 0 Å². The Morgan fingerprint density at radius 2 is 2.05 bits per heavy atom. The second-order valence-corrected chi connectivity index (χ2v) is 5.30. The summed E-state index contributed by atoms with van der Waals surface area (Å²) in [5.74, 6) is -0.605. The van der Waals surface area contributed by atoms with Crippen molar-refractivity contribution in [3.05, 3.63) is 63.4 Å². The van der Waals surface area contributed by atoms with Crippen molar-refractivity contribution >= 4 is 39.6 Å². The summed E-state index contributed by atoms with van der Waals surface area (Å²) in [5.41, 5.74) is 0.634. The van der Waals surface area contributed by atoms with E-state index in [1.807, 2.05) is 0 Å². The van der Waals surface area contributed by atoms with Gasteiger partial charge in [-0.05, 0) is 57.9 Å². The first kappa shape index (κ1) is 15.5. The van der Waals surface area contributed by atoms with Gasteiger partial charge in [0.15, 0.2) is 0 Å². The molecule has 0 saturated heterocycles. The van der Waals surface area contributed by atoms with E-state index in [4.69, 9.17) is 21.4 Å². The van der Waals surface area contributed by atoms with Crippen LogP contribution in [0, 0.1) is 5.82 Å². The fourth-order valence-electron chi connectivity index (χ4n) is 1.54. The molecule has 2 rings (SSSR count). The van der Waals surface area contributed by atoms with Crippen molar-refractivity contribution in [3.63, 3.8) is 0 Å². The normalized spacial score (nSPS) is 10.8. The Labute approximate surface area is 133 Å². The highest BCUT2D eigenvalue weighted by Crippen LogP contribution is 2.32. The lowest BCUT2D eigenvalue weighted by Crippen LogP contribution is -1.88. The fraction of sp³-hybridized carbons (Fsp3) is 0. The van der Waals surface area contributed by atoms with Crippen LogP contribution in [0.15, 0.2) is 46.9 Å². The van der Waals surface area contributed by atoms with Crippen LogP contribution < -0.4 is 4.74 Å². The van der Waals surface area contributed by atoms with Gasteiger partial charge in [0.25, 0.3) is 0 Å². The summed E-state index contributed by atoms with van der Waals surface area (Å²) in [7, 11) is 0. The van der Waals surface area contributed by atoms with Crippen LogP contribution in [0.1, 0.15) is 5.56 Å². The third kappa shape index (κ3) is 4.31. The molecule has 2 aromatic carbocycles. The van der Waals surface area contributed by atoms with Gasteiger partial charge >= 0.3 is 5.97 Å². The molecule has 0 amide bonds. The van der Waals surface area contributed by atoms with Gasteiger partial charge in [0.2, 0.25) is 0 Å². The van der Waals surface area contributed by atoms with Gasteiger partial charge in [0.05, 0.1) is 9.50 Å². The zero-order valence-electron chi connectivity index (χ0n) is 10.5. The van der Waals surface area contributed by atoms with E-state index in [1.165, 1.54) is 24.3 Å². The van der Waals surface area contributed by atoms with E-state index >= 15 is 0 Å². The lowest BCUT2D eigenvalue weighted by Gasteiger charge is -2.08. The minimum Gasteiger partial charge on any atom is -0.478 e. The number of halogens is 3. The molecule has 2 aromatic rings. The molecule has 0 saturated carbocycles. The van der Waals surface area contributed by atoms with Gasteiger partial charge in [-0.1, -0.05) is 17.7 Å². The number of carboxylic acids is 1. The number of hydrogen-bond acceptors (Lipinski definition) is 2. The maximum atomic E-state index is 13.1. The molecule has 0 radical (unpaired) electrons. The second kappa shape index (κ2) is 6.74. The van der Waals surface area contributed by atoms with E-state index in [1.54, 1.807) is 18.2 Å². The predicted molar refractivity (Wildman–Crippen MR) is 82.3 cm³/mol. The summed E-state index contributed by atoms with van der Waals surface area (Å²) in [5, 5.41) is 8.88. The topological polar surface area (TPSA) is 46.5 Å². The van der Waals surface area contributed by atoms with Gasteiger partial charge in [-0.2, -0.15) is 0 Å². The van der Waals surface area contributed by atoms with E-state index in [0.29, 0.717) is 22.1 Å². The summed E-state index contributed by atoms with van der Waals surface area (Å²) in [4.78, 5) is 10.4. The van der Waals surface area contributed by atoms with Crippen LogP contribution in [0.25, 0.3) is 6.08 Å². The van der Waals surface area contributed by atoms with Crippen molar-refractivity contribution in [3.8, 4) is 11.5 Å². The molecule has 0 aliphatic rings. The zero-order valence-corrected chi connectivity index (χ0v) is 12.9. The highest BCUT2D eigenvalue weighted by Gasteiger charge is 2.06. The molecular formula is C15H9BrClFO3. The molecular weight excluding hydrogens is 363 g/mol. The van der Waals surface area contributed by atoms with E-state index in [9.17, 15) is 9.18 Å². The smallest absolute Gasteiger partial charge is 0.328 e. The Kier molecular flexibility index (Phi) is 4.98. The molecule has 108 valence electrons. The largest absolute Gasteiger partial charge is 0.478 e. The number of ether oxygens (including phenoxy) is 1. The van der Waals surface area contributed by atoms with Crippen molar-refractivity contribution in [1.29, 1.82) is 0 Å². The average Bonchev–Trinajstić information content (AvgIpc) is 2.43. The van der Waals surface area contributed by atoms with E-state index < -0.39 is 5.97 Å². The lowest BCUT2D eigenvalue weighted by molar-refractivity contribution is -0.131. The third-order valence-electron chi connectivity index (χ3n) is 2.49. The lowest BCUT2D eigenvalue weighted by atomic mass is 10.2. The maximum absolute atomic E-state index is 13.1. The molecule has 0 aliphatic heterocycles. The Morgan fingerprint density at radius 1 is 1.29 bits per heavy atom. The van der Waals surface area contributed by atoms with Crippen LogP contribution in [-0.4, -0.2) is 11.1 Å². The third-order valence-corrected chi connectivity index (χ3v) is 3.40. The van der Waals surface area contributed by atoms with Gasteiger partial charge in [0, 0.05) is 6.08 Å². The molecule has 6 heteroatoms. The number of hydrogen-bond donors (Lipinski definition) is 1. The molecule has 0 heterocycles. The van der Waals surface area contributed by atoms with Crippen molar-refractivity contribution < 1.29 is 19.0 Å². The van der Waals surface area contributed by atoms with E-state index in [-0.39, 0.29) is 10.3 Å². The Hall–Kier alpha value is -1.85. The summed E-state index contributed by atoms with van der Waals surface area (Å²) >= 11 is 9.14. The SMILES string of the molecule is O=C(O)/C=C/c1ccc(Oc2ccc(F)c(Br)c2)c(Cl)c1. The Bertz CT molecular complexity index is 716. The molecule has 0 aliphatic carbocycles. The average molecular weight is 372 g/mol. The first-order valence-corrected chi connectivity index (χ1v) is 6.96. The minimum absolute atomic E-state index is 0.289. The Balaban J connectivity index is 2.21. The van der Waals surface area contributed by atoms with E-state index in [2.05, 4.69) is 15.9 Å². The first-order chi connectivity index (χ1) is 9.95. The summed E-state index contributed by atoms with van der Waals surface area (Å²) < 4.78 is 19.0. The minimum atomic E-state index is -1.04. The molecule has 1 N–H and O–H groups in total. The summed E-state index contributed by atoms with van der Waals surface area (Å²) in [6.07, 6.45) is 2.44. The quantitative estimate of drug-likeness (QED) is 0.758. The van der Waals surface area contributed by atoms with Crippen molar-refractivity contribution in [2.45, 2.75) is 0 Å². The molecule has 0 aromatic heterocycles. The molecule has 0 atom stereocenters. The Morgan fingerprint density at radius 3 is 2.67 bits per heavy atom. The van der Waals surface area contributed by atoms with Crippen molar-refractivity contribution in [2.24, 2.45) is 0 Å². The standard InChI is InChI=1S/C15H9BrClFO3/c16-11-8-10(3-4-13(11)18)21-14-5-1-9(7-12(14)17)2-6-15(19)20/h1-8H,(H,19,20)/b6-2+. The van der Waals surface area contributed by atoms with Crippen LogP contribution in [-0.2, 0) is 4.79 Å². The van der Waals surface area contributed by atoms with Gasteiger partial charge in [-0.25, -0.2) is 9.18 Å². The zero-order chi connectivity index (χ0) is 15.4. The van der Waals surface area contributed by atoms with Crippen LogP contribution in [0.3, 0.4) is 0 Å². The van der Waals surface area contributed by atoms with Gasteiger partial charge < -0.3 is 9.84 Å². The molecule has 21 heavy (non-hydrogen) atoms. The molecule has 0 bridgehead atoms. The van der Waals surface area contributed by atoms with Crippen LogP contribution in [0.2, 0.25) is 5.02 Å². The monoisotopic (exact) mass is 370 g/mol. The van der Waals surface area contributed by atoms with Gasteiger partial charge in [-0.3, -0.25) is 0 Å². The first-order valence-electron chi connectivity index (χ1n) is 5.79. The van der Waals surface area contributed by atoms with Crippen LogP contribution >= 0.6 is 27.5 Å². The van der Waals surface area contributed by atoms with Crippen LogP contribution in [0.5, 0.6) is 11.5 Å². The molecule has 0 fully saturated rings. The highest BCUT2D eigenvalue weighted by atomic mass is 79.9. The number of rotatable bonds is 4. The van der Waals surface area contributed by atoms with Gasteiger partial charge in [0.1, 0.15) is 17.3 Å². The summed E-state index contributed by atoms with van der Waals surface area (Å²) in [6, 6.07) is 9.10. The van der Waals surface area contributed by atoms with E-state index in [0.717, 1.165) is 6.08 Å². The second-order valence-electron chi connectivity index (χ2n) is 4.04. The maximum Gasteiger partial charge on any atom is 0.328 e. The molecule has 0 spiro atoms. The number of aliphatic carboxylic acids is 1. The van der Waals surface area contributed by atoms with Crippen molar-refractivity contribution in [2.75, 3.05) is 0 Å². The predicted octanol–water partition coefficient (Wildman–Crippen LogP) is 5.13. The highest BCUT2D eigenvalue weighted by molar-refractivity contribution is 9.10. The number of carboxylic acid groups (broad SMARTS) is 1. The van der Waals surface area contributed by atoms with Crippen LogP contribution in [0.4, 0.5) is 4.39 Å². The number of benzene rings is 2. The van der Waals surface area contributed by atoms with Crippen molar-refractivity contribution in [1.82, 2.24) is 0 Å². The summed E-state index contributed by atoms with van der Waals surface area (Å²) in [6.45, 7) is 0. The fourth-order valence-corrected chi connectivity index (χ4v) is 2.12. The number of carbonyl (C=O) groups is 1. The molecule has 3 nitrogen and oxygen atoms in total. The molecule has 0 unspecified atom stereocenters.